The van der Waals surface area contributed by atoms with Gasteiger partial charge >= 0.3 is 0 Å². The summed E-state index contributed by atoms with van der Waals surface area (Å²) < 4.78 is 5.33. The molecule has 0 saturated carbocycles. The van der Waals surface area contributed by atoms with Crippen LogP contribution in [-0.4, -0.2) is 37.2 Å². The molecule has 0 radical (unpaired) electrons. The average molecular weight is 249 g/mol. The fraction of sp³-hybridized carbons (Fsp3) is 0.538. The van der Waals surface area contributed by atoms with Crippen LogP contribution in [0.3, 0.4) is 0 Å². The van der Waals surface area contributed by atoms with Crippen LogP contribution in [0.5, 0.6) is 0 Å². The number of pyridine rings is 1. The number of carbonyl (C=O) groups is 1. The van der Waals surface area contributed by atoms with Crippen LogP contribution in [0.4, 0.5) is 5.69 Å². The summed E-state index contributed by atoms with van der Waals surface area (Å²) in [6.07, 6.45) is 2.63. The number of nitrogens with one attached hydrogen (secondary N) is 2. The number of ether oxygens (including phenoxy) is 1. The Bertz CT molecular complexity index is 416. The lowest BCUT2D eigenvalue weighted by molar-refractivity contribution is 0.0917. The summed E-state index contributed by atoms with van der Waals surface area (Å²) in [6, 6.07) is 3.68. The molecule has 2 N–H and O–H groups in total. The maximum Gasteiger partial charge on any atom is 0.270 e. The highest BCUT2D eigenvalue weighted by Crippen LogP contribution is 2.16. The standard InChI is InChI=1S/C13H19N3O2/c1-9(10-4-6-18-8-10)16-13(17)12-7-11(14-2)3-5-15-12/h3,5,7,9-10H,4,6,8H2,1-2H3,(H,14,15)(H,16,17). The highest BCUT2D eigenvalue weighted by molar-refractivity contribution is 5.93. The fourth-order valence-electron chi connectivity index (χ4n) is 2.06. The van der Waals surface area contributed by atoms with Crippen molar-refractivity contribution in [1.29, 1.82) is 0 Å². The largest absolute Gasteiger partial charge is 0.388 e. The maximum absolute atomic E-state index is 12.0. The highest BCUT2D eigenvalue weighted by Gasteiger charge is 2.24. The first-order valence-corrected chi connectivity index (χ1v) is 6.23. The number of aromatic nitrogens is 1. The van der Waals surface area contributed by atoms with E-state index in [0.717, 1.165) is 25.3 Å². The lowest BCUT2D eigenvalue weighted by atomic mass is 10.0. The second kappa shape index (κ2) is 5.82. The summed E-state index contributed by atoms with van der Waals surface area (Å²) in [6.45, 7) is 3.53. The molecule has 0 spiro atoms. The first-order chi connectivity index (χ1) is 8.70. The summed E-state index contributed by atoms with van der Waals surface area (Å²) in [5.41, 5.74) is 1.32. The SMILES string of the molecule is CNc1ccnc(C(=O)NC(C)C2CCOC2)c1. The van der Waals surface area contributed by atoms with Crippen molar-refractivity contribution in [2.45, 2.75) is 19.4 Å². The molecule has 1 aliphatic rings. The molecule has 1 aliphatic heterocycles. The predicted molar refractivity (Wildman–Crippen MR) is 69.6 cm³/mol. The molecule has 5 heteroatoms. The molecule has 1 aromatic rings. The Kier molecular flexibility index (Phi) is 4.15. The Morgan fingerprint density at radius 1 is 1.61 bits per heavy atom. The van der Waals surface area contributed by atoms with E-state index in [1.54, 1.807) is 12.3 Å². The van der Waals surface area contributed by atoms with E-state index in [-0.39, 0.29) is 11.9 Å². The Hall–Kier alpha value is -1.62. The first kappa shape index (κ1) is 12.8. The van der Waals surface area contributed by atoms with Crippen LogP contribution < -0.4 is 10.6 Å². The molecular formula is C13H19N3O2. The molecule has 0 bridgehead atoms. The van der Waals surface area contributed by atoms with Gasteiger partial charge in [-0.1, -0.05) is 0 Å². The zero-order valence-corrected chi connectivity index (χ0v) is 10.8. The van der Waals surface area contributed by atoms with Crippen LogP contribution in [0.2, 0.25) is 0 Å². The summed E-state index contributed by atoms with van der Waals surface area (Å²) in [5, 5.41) is 5.97. The molecule has 98 valence electrons. The van der Waals surface area contributed by atoms with E-state index in [9.17, 15) is 4.79 Å². The minimum Gasteiger partial charge on any atom is -0.388 e. The van der Waals surface area contributed by atoms with Gasteiger partial charge in [-0.05, 0) is 25.5 Å². The Labute approximate surface area is 107 Å². The second-order valence-corrected chi connectivity index (χ2v) is 4.57. The van der Waals surface area contributed by atoms with Crippen molar-refractivity contribution in [3.05, 3.63) is 24.0 Å². The van der Waals surface area contributed by atoms with Crippen molar-refractivity contribution in [1.82, 2.24) is 10.3 Å². The van der Waals surface area contributed by atoms with Gasteiger partial charge in [0.2, 0.25) is 0 Å². The Morgan fingerprint density at radius 3 is 3.11 bits per heavy atom. The molecule has 18 heavy (non-hydrogen) atoms. The van der Waals surface area contributed by atoms with Gasteiger partial charge in [0.1, 0.15) is 5.69 Å². The fourth-order valence-corrected chi connectivity index (χ4v) is 2.06. The van der Waals surface area contributed by atoms with Crippen molar-refractivity contribution >= 4 is 11.6 Å². The van der Waals surface area contributed by atoms with Crippen LogP contribution in [0.25, 0.3) is 0 Å². The second-order valence-electron chi connectivity index (χ2n) is 4.57. The molecule has 2 atom stereocenters. The molecule has 1 saturated heterocycles. The van der Waals surface area contributed by atoms with Gasteiger partial charge in [0.05, 0.1) is 6.61 Å². The number of carbonyl (C=O) groups excluding carboxylic acids is 1. The molecule has 0 aliphatic carbocycles. The van der Waals surface area contributed by atoms with E-state index >= 15 is 0 Å². The van der Waals surface area contributed by atoms with Crippen molar-refractivity contribution in [2.24, 2.45) is 5.92 Å². The summed E-state index contributed by atoms with van der Waals surface area (Å²) in [7, 11) is 1.81. The highest BCUT2D eigenvalue weighted by atomic mass is 16.5. The normalized spacial score (nSPS) is 20.4. The van der Waals surface area contributed by atoms with Gasteiger partial charge in [-0.3, -0.25) is 9.78 Å². The van der Waals surface area contributed by atoms with E-state index < -0.39 is 0 Å². The van der Waals surface area contributed by atoms with Crippen LogP contribution in [0.15, 0.2) is 18.3 Å². The van der Waals surface area contributed by atoms with Crippen LogP contribution >= 0.6 is 0 Å². The van der Waals surface area contributed by atoms with Gasteiger partial charge in [-0.2, -0.15) is 0 Å². The smallest absolute Gasteiger partial charge is 0.270 e. The summed E-state index contributed by atoms with van der Waals surface area (Å²) >= 11 is 0. The van der Waals surface area contributed by atoms with E-state index in [4.69, 9.17) is 4.74 Å². The Morgan fingerprint density at radius 2 is 2.44 bits per heavy atom. The Balaban J connectivity index is 1.97. The summed E-state index contributed by atoms with van der Waals surface area (Å²) in [5.74, 6) is 0.271. The van der Waals surface area contributed by atoms with Crippen LogP contribution in [-0.2, 0) is 4.74 Å². The number of hydrogen-bond donors (Lipinski definition) is 2. The minimum atomic E-state index is -0.133. The third-order valence-corrected chi connectivity index (χ3v) is 3.31. The van der Waals surface area contributed by atoms with Crippen molar-refractivity contribution in [3.8, 4) is 0 Å². The molecule has 2 unspecified atom stereocenters. The topological polar surface area (TPSA) is 63.2 Å². The average Bonchev–Trinajstić information content (AvgIpc) is 2.92. The van der Waals surface area contributed by atoms with Crippen LogP contribution in [0.1, 0.15) is 23.8 Å². The monoisotopic (exact) mass is 249 g/mol. The molecular weight excluding hydrogens is 230 g/mol. The van der Waals surface area contributed by atoms with Gasteiger partial charge < -0.3 is 15.4 Å². The molecule has 1 fully saturated rings. The lowest BCUT2D eigenvalue weighted by Crippen LogP contribution is -2.38. The van der Waals surface area contributed by atoms with E-state index in [2.05, 4.69) is 15.6 Å². The molecule has 2 rings (SSSR count). The van der Waals surface area contributed by atoms with Gasteiger partial charge in [0.25, 0.3) is 5.91 Å². The van der Waals surface area contributed by atoms with Gasteiger partial charge in [-0.25, -0.2) is 0 Å². The molecule has 0 aromatic carbocycles. The zero-order valence-electron chi connectivity index (χ0n) is 10.8. The number of rotatable bonds is 4. The van der Waals surface area contributed by atoms with Gasteiger partial charge in [0, 0.05) is 37.5 Å². The zero-order chi connectivity index (χ0) is 13.0. The molecule has 2 heterocycles. The maximum atomic E-state index is 12.0. The summed E-state index contributed by atoms with van der Waals surface area (Å²) in [4.78, 5) is 16.1. The van der Waals surface area contributed by atoms with Crippen molar-refractivity contribution in [3.63, 3.8) is 0 Å². The third-order valence-electron chi connectivity index (χ3n) is 3.31. The first-order valence-electron chi connectivity index (χ1n) is 6.23. The quantitative estimate of drug-likeness (QED) is 0.843. The number of nitrogens with zero attached hydrogens (tertiary/aromatic N) is 1. The van der Waals surface area contributed by atoms with Crippen LogP contribution in [0, 0.1) is 5.92 Å². The van der Waals surface area contributed by atoms with Gasteiger partial charge in [0.15, 0.2) is 0 Å². The van der Waals surface area contributed by atoms with Gasteiger partial charge in [-0.15, -0.1) is 0 Å². The van der Waals surface area contributed by atoms with E-state index in [1.165, 1.54) is 0 Å². The van der Waals surface area contributed by atoms with Crippen molar-refractivity contribution in [2.75, 3.05) is 25.6 Å². The third kappa shape index (κ3) is 2.98. The number of anilines is 1. The minimum absolute atomic E-state index is 0.111. The van der Waals surface area contributed by atoms with E-state index in [0.29, 0.717) is 11.6 Å². The molecule has 5 nitrogen and oxygen atoms in total. The lowest BCUT2D eigenvalue weighted by Gasteiger charge is -2.19. The molecule has 1 aromatic heterocycles. The van der Waals surface area contributed by atoms with Crippen molar-refractivity contribution < 1.29 is 9.53 Å². The number of hydrogen-bond acceptors (Lipinski definition) is 4. The predicted octanol–water partition coefficient (Wildman–Crippen LogP) is 1.28. The number of amides is 1. The molecule has 1 amide bonds. The van der Waals surface area contributed by atoms with E-state index in [1.807, 2.05) is 20.0 Å².